The summed E-state index contributed by atoms with van der Waals surface area (Å²) in [5, 5.41) is 0. The van der Waals surface area contributed by atoms with Crippen molar-refractivity contribution in [3.05, 3.63) is 48.3 Å². The molecule has 19 heavy (non-hydrogen) atoms. The predicted molar refractivity (Wildman–Crippen MR) is 77.5 cm³/mol. The van der Waals surface area contributed by atoms with Gasteiger partial charge in [-0.3, -0.25) is 0 Å². The SMILES string of the molecule is CN1CCN(c2ccc(F)cc2N)c2ccccc21. The molecule has 1 aliphatic heterocycles. The molecule has 0 fully saturated rings. The quantitative estimate of drug-likeness (QED) is 0.797. The Hall–Kier alpha value is -2.23. The van der Waals surface area contributed by atoms with E-state index < -0.39 is 0 Å². The molecule has 2 aromatic rings. The van der Waals surface area contributed by atoms with Gasteiger partial charge in [0.15, 0.2) is 0 Å². The molecule has 0 bridgehead atoms. The Morgan fingerprint density at radius 2 is 1.74 bits per heavy atom. The number of benzene rings is 2. The lowest BCUT2D eigenvalue weighted by Crippen LogP contribution is -2.36. The first kappa shape index (κ1) is 11.8. The molecule has 0 unspecified atom stereocenters. The maximum absolute atomic E-state index is 13.2. The Bertz CT molecular complexity index is 612. The molecule has 4 heteroatoms. The second kappa shape index (κ2) is 4.46. The van der Waals surface area contributed by atoms with E-state index in [4.69, 9.17) is 5.73 Å². The maximum atomic E-state index is 13.2. The van der Waals surface area contributed by atoms with Crippen LogP contribution in [0.15, 0.2) is 42.5 Å². The molecular weight excluding hydrogens is 241 g/mol. The first-order valence-electron chi connectivity index (χ1n) is 6.29. The van der Waals surface area contributed by atoms with Gasteiger partial charge in [0.2, 0.25) is 0 Å². The lowest BCUT2D eigenvalue weighted by Gasteiger charge is -2.37. The number of halogens is 1. The fourth-order valence-electron chi connectivity index (χ4n) is 2.53. The van der Waals surface area contributed by atoms with Crippen LogP contribution in [0.1, 0.15) is 0 Å². The van der Waals surface area contributed by atoms with Gasteiger partial charge in [-0.2, -0.15) is 0 Å². The van der Waals surface area contributed by atoms with Crippen LogP contribution in [0.25, 0.3) is 0 Å². The van der Waals surface area contributed by atoms with Crippen molar-refractivity contribution in [2.45, 2.75) is 0 Å². The molecule has 2 aromatic carbocycles. The van der Waals surface area contributed by atoms with Crippen LogP contribution in [-0.4, -0.2) is 20.1 Å². The number of para-hydroxylation sites is 2. The molecule has 0 saturated heterocycles. The summed E-state index contributed by atoms with van der Waals surface area (Å²) in [6.07, 6.45) is 0. The molecule has 3 nitrogen and oxygen atoms in total. The largest absolute Gasteiger partial charge is 0.397 e. The lowest BCUT2D eigenvalue weighted by molar-refractivity contribution is 0.628. The average Bonchev–Trinajstić information content (AvgIpc) is 2.41. The van der Waals surface area contributed by atoms with Crippen LogP contribution in [0, 0.1) is 5.82 Å². The number of rotatable bonds is 1. The fourth-order valence-corrected chi connectivity index (χ4v) is 2.53. The molecule has 0 spiro atoms. The summed E-state index contributed by atoms with van der Waals surface area (Å²) >= 11 is 0. The molecule has 1 heterocycles. The zero-order chi connectivity index (χ0) is 13.4. The third-order valence-corrected chi connectivity index (χ3v) is 3.52. The van der Waals surface area contributed by atoms with Gasteiger partial charge in [0.25, 0.3) is 0 Å². The van der Waals surface area contributed by atoms with Crippen LogP contribution >= 0.6 is 0 Å². The Morgan fingerprint density at radius 3 is 2.47 bits per heavy atom. The predicted octanol–water partition coefficient (Wildman–Crippen LogP) is 3.00. The summed E-state index contributed by atoms with van der Waals surface area (Å²) in [7, 11) is 2.07. The monoisotopic (exact) mass is 257 g/mol. The van der Waals surface area contributed by atoms with E-state index in [2.05, 4.69) is 29.0 Å². The Labute approximate surface area is 112 Å². The van der Waals surface area contributed by atoms with E-state index in [1.165, 1.54) is 12.1 Å². The zero-order valence-electron chi connectivity index (χ0n) is 10.8. The summed E-state index contributed by atoms with van der Waals surface area (Å²) in [6, 6.07) is 12.7. The van der Waals surface area contributed by atoms with Gasteiger partial charge in [0.05, 0.1) is 22.7 Å². The molecule has 0 amide bonds. The third-order valence-electron chi connectivity index (χ3n) is 3.52. The van der Waals surface area contributed by atoms with Crippen LogP contribution in [0.3, 0.4) is 0 Å². The summed E-state index contributed by atoms with van der Waals surface area (Å²) in [5.41, 5.74) is 9.55. The highest BCUT2D eigenvalue weighted by Gasteiger charge is 2.22. The highest BCUT2D eigenvalue weighted by atomic mass is 19.1. The molecule has 0 atom stereocenters. The van der Waals surface area contributed by atoms with Crippen molar-refractivity contribution in [1.82, 2.24) is 0 Å². The Kier molecular flexibility index (Phi) is 2.78. The molecule has 0 aliphatic carbocycles. The molecule has 98 valence electrons. The molecule has 3 rings (SSSR count). The summed E-state index contributed by atoms with van der Waals surface area (Å²) < 4.78 is 13.2. The number of nitrogens with zero attached hydrogens (tertiary/aromatic N) is 2. The number of hydrogen-bond acceptors (Lipinski definition) is 3. The van der Waals surface area contributed by atoms with Crippen molar-refractivity contribution in [3.63, 3.8) is 0 Å². The number of anilines is 4. The molecule has 0 radical (unpaired) electrons. The lowest BCUT2D eigenvalue weighted by atomic mass is 10.1. The Balaban J connectivity index is 2.09. The minimum absolute atomic E-state index is 0.302. The topological polar surface area (TPSA) is 32.5 Å². The smallest absolute Gasteiger partial charge is 0.125 e. The van der Waals surface area contributed by atoms with Gasteiger partial charge >= 0.3 is 0 Å². The number of fused-ring (bicyclic) bond motifs is 1. The minimum atomic E-state index is -0.302. The van der Waals surface area contributed by atoms with Gasteiger partial charge in [0.1, 0.15) is 5.82 Å². The highest BCUT2D eigenvalue weighted by molar-refractivity contribution is 5.83. The van der Waals surface area contributed by atoms with Crippen molar-refractivity contribution < 1.29 is 4.39 Å². The van der Waals surface area contributed by atoms with Crippen LogP contribution in [0.2, 0.25) is 0 Å². The average molecular weight is 257 g/mol. The van der Waals surface area contributed by atoms with E-state index in [1.54, 1.807) is 6.07 Å². The number of nitrogen functional groups attached to an aromatic ring is 1. The molecule has 0 aromatic heterocycles. The molecule has 0 saturated carbocycles. The highest BCUT2D eigenvalue weighted by Crippen LogP contribution is 2.38. The van der Waals surface area contributed by atoms with E-state index in [1.807, 2.05) is 12.1 Å². The fraction of sp³-hybridized carbons (Fsp3) is 0.200. The van der Waals surface area contributed by atoms with Crippen LogP contribution in [0.5, 0.6) is 0 Å². The van der Waals surface area contributed by atoms with Crippen LogP contribution in [-0.2, 0) is 0 Å². The molecule has 1 aliphatic rings. The number of hydrogen-bond donors (Lipinski definition) is 1. The second-order valence-corrected chi connectivity index (χ2v) is 4.77. The molecule has 2 N–H and O–H groups in total. The van der Waals surface area contributed by atoms with Crippen LogP contribution < -0.4 is 15.5 Å². The standard InChI is InChI=1S/C15H16FN3/c1-18-8-9-19(15-5-3-2-4-14(15)18)13-7-6-11(16)10-12(13)17/h2-7,10H,8-9,17H2,1H3. The van der Waals surface area contributed by atoms with Crippen molar-refractivity contribution in [1.29, 1.82) is 0 Å². The van der Waals surface area contributed by atoms with Gasteiger partial charge < -0.3 is 15.5 Å². The second-order valence-electron chi connectivity index (χ2n) is 4.77. The van der Waals surface area contributed by atoms with E-state index in [0.717, 1.165) is 30.2 Å². The van der Waals surface area contributed by atoms with Gasteiger partial charge in [-0.25, -0.2) is 4.39 Å². The first-order chi connectivity index (χ1) is 9.16. The molecular formula is C15H16FN3. The third kappa shape index (κ3) is 1.99. The van der Waals surface area contributed by atoms with Crippen molar-refractivity contribution >= 4 is 22.7 Å². The van der Waals surface area contributed by atoms with Crippen molar-refractivity contribution in [2.24, 2.45) is 0 Å². The summed E-state index contributed by atoms with van der Waals surface area (Å²) in [5.74, 6) is -0.302. The summed E-state index contributed by atoms with van der Waals surface area (Å²) in [4.78, 5) is 4.36. The van der Waals surface area contributed by atoms with Crippen molar-refractivity contribution in [2.75, 3.05) is 35.7 Å². The zero-order valence-corrected chi connectivity index (χ0v) is 10.8. The van der Waals surface area contributed by atoms with E-state index in [9.17, 15) is 4.39 Å². The van der Waals surface area contributed by atoms with E-state index >= 15 is 0 Å². The minimum Gasteiger partial charge on any atom is -0.397 e. The van der Waals surface area contributed by atoms with Gasteiger partial charge in [-0.05, 0) is 30.3 Å². The summed E-state index contributed by atoms with van der Waals surface area (Å²) in [6.45, 7) is 1.75. The number of nitrogens with two attached hydrogens (primary N) is 1. The van der Waals surface area contributed by atoms with Crippen molar-refractivity contribution in [3.8, 4) is 0 Å². The van der Waals surface area contributed by atoms with Gasteiger partial charge in [-0.15, -0.1) is 0 Å². The van der Waals surface area contributed by atoms with E-state index in [-0.39, 0.29) is 5.82 Å². The number of likely N-dealkylation sites (N-methyl/N-ethyl adjacent to an activating group) is 1. The van der Waals surface area contributed by atoms with E-state index in [0.29, 0.717) is 5.69 Å². The van der Waals surface area contributed by atoms with Gasteiger partial charge in [-0.1, -0.05) is 12.1 Å². The van der Waals surface area contributed by atoms with Gasteiger partial charge in [0, 0.05) is 20.1 Å². The Morgan fingerprint density at radius 1 is 1.00 bits per heavy atom. The van der Waals surface area contributed by atoms with Crippen LogP contribution in [0.4, 0.5) is 27.1 Å². The maximum Gasteiger partial charge on any atom is 0.125 e. The first-order valence-corrected chi connectivity index (χ1v) is 6.29. The normalized spacial score (nSPS) is 14.4.